The fourth-order valence-electron chi connectivity index (χ4n) is 2.37. The van der Waals surface area contributed by atoms with Gasteiger partial charge in [0.1, 0.15) is 0 Å². The molecule has 2 aromatic carbocycles. The van der Waals surface area contributed by atoms with Gasteiger partial charge in [-0.25, -0.2) is 0 Å². The first-order valence-electron chi connectivity index (χ1n) is 6.70. The number of rotatable bonds is 3. The third kappa shape index (κ3) is 2.88. The van der Waals surface area contributed by atoms with E-state index in [9.17, 15) is 4.79 Å². The number of hydrogen-bond acceptors (Lipinski definition) is 3. The molecule has 1 heterocycles. The zero-order valence-electron chi connectivity index (χ0n) is 11.3. The molecule has 0 aromatic heterocycles. The molecule has 3 heteroatoms. The fraction of sp³-hybridized carbons (Fsp3) is 0.235. The Labute approximate surface area is 123 Å². The molecule has 102 valence electrons. The van der Waals surface area contributed by atoms with E-state index in [1.807, 2.05) is 18.2 Å². The van der Waals surface area contributed by atoms with Crippen molar-refractivity contribution >= 4 is 17.7 Å². The van der Waals surface area contributed by atoms with Gasteiger partial charge in [-0.3, -0.25) is 4.79 Å². The number of hydrogen-bond donors (Lipinski definition) is 0. The Morgan fingerprint density at radius 2 is 1.75 bits per heavy atom. The van der Waals surface area contributed by atoms with E-state index in [1.165, 1.54) is 11.1 Å². The first-order chi connectivity index (χ1) is 9.72. The molecule has 0 amide bonds. The molecule has 2 unspecified atom stereocenters. The quantitative estimate of drug-likeness (QED) is 0.792. The number of aryl methyl sites for hydroxylation is 1. The van der Waals surface area contributed by atoms with Gasteiger partial charge < -0.3 is 4.74 Å². The molecule has 3 rings (SSSR count). The molecule has 2 atom stereocenters. The van der Waals surface area contributed by atoms with Crippen LogP contribution in [0.15, 0.2) is 59.5 Å². The molecule has 20 heavy (non-hydrogen) atoms. The minimum Gasteiger partial charge on any atom is -0.450 e. The van der Waals surface area contributed by atoms with Crippen molar-refractivity contribution in [1.29, 1.82) is 0 Å². The van der Waals surface area contributed by atoms with E-state index < -0.39 is 0 Å². The van der Waals surface area contributed by atoms with E-state index >= 15 is 0 Å². The van der Waals surface area contributed by atoms with Crippen molar-refractivity contribution in [2.24, 2.45) is 0 Å². The van der Waals surface area contributed by atoms with Gasteiger partial charge in [-0.1, -0.05) is 59.8 Å². The fourth-order valence-corrected chi connectivity index (χ4v) is 3.50. The molecule has 0 bridgehead atoms. The van der Waals surface area contributed by atoms with E-state index in [0.717, 1.165) is 4.90 Å². The lowest BCUT2D eigenvalue weighted by Crippen LogP contribution is -2.09. The van der Waals surface area contributed by atoms with E-state index in [4.69, 9.17) is 4.74 Å². The zero-order valence-corrected chi connectivity index (χ0v) is 12.1. The summed E-state index contributed by atoms with van der Waals surface area (Å²) in [6, 6.07) is 18.4. The second kappa shape index (κ2) is 5.71. The van der Waals surface area contributed by atoms with Gasteiger partial charge in [-0.2, -0.15) is 0 Å². The maximum Gasteiger partial charge on any atom is 0.307 e. The summed E-state index contributed by atoms with van der Waals surface area (Å²) in [6.07, 6.45) is 0.466. The van der Waals surface area contributed by atoms with E-state index in [2.05, 4.69) is 43.3 Å². The van der Waals surface area contributed by atoms with E-state index in [1.54, 1.807) is 11.8 Å². The normalized spacial score (nSPS) is 21.8. The zero-order chi connectivity index (χ0) is 13.9. The van der Waals surface area contributed by atoms with Crippen LogP contribution >= 0.6 is 11.8 Å². The molecule has 2 aromatic rings. The molecule has 0 radical (unpaired) electrons. The molecule has 1 saturated heterocycles. The molecule has 0 aliphatic carbocycles. The Kier molecular flexibility index (Phi) is 3.79. The summed E-state index contributed by atoms with van der Waals surface area (Å²) < 4.78 is 5.49. The number of carbonyl (C=O) groups is 1. The minimum atomic E-state index is -0.132. The highest BCUT2D eigenvalue weighted by molar-refractivity contribution is 7.99. The van der Waals surface area contributed by atoms with Crippen molar-refractivity contribution in [3.05, 3.63) is 65.7 Å². The molecule has 1 fully saturated rings. The highest BCUT2D eigenvalue weighted by Gasteiger charge is 2.36. The summed E-state index contributed by atoms with van der Waals surface area (Å²) in [5, 5.41) is 0. The Morgan fingerprint density at radius 1 is 1.05 bits per heavy atom. The minimum absolute atomic E-state index is 0.108. The van der Waals surface area contributed by atoms with Gasteiger partial charge in [-0.05, 0) is 24.6 Å². The number of esters is 1. The van der Waals surface area contributed by atoms with Gasteiger partial charge in [0.2, 0.25) is 0 Å². The Bertz CT molecular complexity index is 592. The second-order valence-electron chi connectivity index (χ2n) is 5.01. The van der Waals surface area contributed by atoms with Crippen LogP contribution in [0, 0.1) is 6.92 Å². The SMILES string of the molecule is Cc1ccc(SC2OC(=O)CC2c2ccccc2)cc1. The molecule has 0 N–H and O–H groups in total. The van der Waals surface area contributed by atoms with Crippen LogP contribution in [0.4, 0.5) is 0 Å². The summed E-state index contributed by atoms with van der Waals surface area (Å²) in [5.41, 5.74) is 2.27. The molecule has 2 nitrogen and oxygen atoms in total. The van der Waals surface area contributed by atoms with Crippen LogP contribution in [0.25, 0.3) is 0 Å². The first-order valence-corrected chi connectivity index (χ1v) is 7.58. The molecular formula is C17H16O2S. The van der Waals surface area contributed by atoms with Crippen LogP contribution < -0.4 is 0 Å². The van der Waals surface area contributed by atoms with Crippen LogP contribution in [0.1, 0.15) is 23.5 Å². The average molecular weight is 284 g/mol. The van der Waals surface area contributed by atoms with Crippen LogP contribution in [0.3, 0.4) is 0 Å². The highest BCUT2D eigenvalue weighted by Crippen LogP contribution is 2.41. The lowest BCUT2D eigenvalue weighted by Gasteiger charge is -2.17. The van der Waals surface area contributed by atoms with E-state index in [-0.39, 0.29) is 17.3 Å². The predicted molar refractivity (Wildman–Crippen MR) is 80.7 cm³/mol. The Morgan fingerprint density at radius 3 is 2.45 bits per heavy atom. The van der Waals surface area contributed by atoms with Gasteiger partial charge in [0, 0.05) is 10.8 Å². The topological polar surface area (TPSA) is 26.3 Å². The summed E-state index contributed by atoms with van der Waals surface area (Å²) in [7, 11) is 0. The number of thioether (sulfide) groups is 1. The van der Waals surface area contributed by atoms with Gasteiger partial charge in [0.15, 0.2) is 5.44 Å². The predicted octanol–water partition coefficient (Wildman–Crippen LogP) is 4.14. The van der Waals surface area contributed by atoms with Crippen molar-refractivity contribution in [2.75, 3.05) is 0 Å². The monoisotopic (exact) mass is 284 g/mol. The van der Waals surface area contributed by atoms with Crippen molar-refractivity contribution in [3.63, 3.8) is 0 Å². The molecule has 0 saturated carbocycles. The van der Waals surface area contributed by atoms with Crippen molar-refractivity contribution in [3.8, 4) is 0 Å². The van der Waals surface area contributed by atoms with Gasteiger partial charge in [-0.15, -0.1) is 0 Å². The summed E-state index contributed by atoms with van der Waals surface area (Å²) in [5.74, 6) is 0.0264. The smallest absolute Gasteiger partial charge is 0.307 e. The average Bonchev–Trinajstić information content (AvgIpc) is 2.83. The van der Waals surface area contributed by atoms with E-state index in [0.29, 0.717) is 6.42 Å². The van der Waals surface area contributed by atoms with Crippen LogP contribution in [0.2, 0.25) is 0 Å². The lowest BCUT2D eigenvalue weighted by atomic mass is 9.98. The summed E-state index contributed by atoms with van der Waals surface area (Å²) >= 11 is 1.62. The molecule has 1 aliphatic rings. The highest BCUT2D eigenvalue weighted by atomic mass is 32.2. The second-order valence-corrected chi connectivity index (χ2v) is 6.18. The maximum absolute atomic E-state index is 11.6. The Balaban J connectivity index is 1.80. The molecule has 0 spiro atoms. The molecule has 1 aliphatic heterocycles. The molecular weight excluding hydrogens is 268 g/mol. The van der Waals surface area contributed by atoms with Crippen LogP contribution in [-0.4, -0.2) is 11.4 Å². The number of cyclic esters (lactones) is 1. The standard InChI is InChI=1S/C17H16O2S/c1-12-7-9-14(10-8-12)20-17-15(11-16(18)19-17)13-5-3-2-4-6-13/h2-10,15,17H,11H2,1H3. The Hall–Kier alpha value is -1.74. The third-order valence-corrected chi connectivity index (χ3v) is 4.67. The lowest BCUT2D eigenvalue weighted by molar-refractivity contribution is -0.138. The van der Waals surface area contributed by atoms with Gasteiger partial charge >= 0.3 is 5.97 Å². The van der Waals surface area contributed by atoms with Gasteiger partial charge in [0.05, 0.1) is 6.42 Å². The number of benzene rings is 2. The van der Waals surface area contributed by atoms with Crippen molar-refractivity contribution < 1.29 is 9.53 Å². The first kappa shape index (κ1) is 13.3. The summed E-state index contributed by atoms with van der Waals surface area (Å²) in [6.45, 7) is 2.07. The van der Waals surface area contributed by atoms with Crippen molar-refractivity contribution in [2.45, 2.75) is 29.6 Å². The van der Waals surface area contributed by atoms with Crippen LogP contribution in [0.5, 0.6) is 0 Å². The number of ether oxygens (including phenoxy) is 1. The maximum atomic E-state index is 11.6. The van der Waals surface area contributed by atoms with Gasteiger partial charge in [0.25, 0.3) is 0 Å². The third-order valence-electron chi connectivity index (χ3n) is 3.46. The number of carbonyl (C=O) groups excluding carboxylic acids is 1. The van der Waals surface area contributed by atoms with Crippen molar-refractivity contribution in [1.82, 2.24) is 0 Å². The van der Waals surface area contributed by atoms with Crippen LogP contribution in [-0.2, 0) is 9.53 Å². The largest absolute Gasteiger partial charge is 0.450 e. The summed E-state index contributed by atoms with van der Waals surface area (Å²) in [4.78, 5) is 12.8.